The Hall–Kier alpha value is -3.65. The molecule has 0 saturated carbocycles. The fraction of sp³-hybridized carbons (Fsp3) is 0.167. The first kappa shape index (κ1) is 23.0. The Labute approximate surface area is 188 Å². The van der Waals surface area contributed by atoms with Crippen LogP contribution in [0, 0.1) is 0 Å². The van der Waals surface area contributed by atoms with Gasteiger partial charge in [-0.15, -0.1) is 0 Å². The molecule has 0 aliphatic heterocycles. The largest absolute Gasteiger partial charge is 0.497 e. The molecule has 0 saturated heterocycles. The molecule has 0 fully saturated rings. The molecule has 1 N–H and O–H groups in total. The molecule has 166 valence electrons. The minimum absolute atomic E-state index is 0.205. The van der Waals surface area contributed by atoms with E-state index in [1.165, 1.54) is 4.31 Å². The van der Waals surface area contributed by atoms with Crippen molar-refractivity contribution in [2.45, 2.75) is 13.5 Å². The molecule has 0 spiro atoms. The number of nitrogens with one attached hydrogen (secondary N) is 1. The van der Waals surface area contributed by atoms with Gasteiger partial charge in [0, 0.05) is 5.56 Å². The third-order valence-electron chi connectivity index (χ3n) is 4.82. The Bertz CT molecular complexity index is 1190. The summed E-state index contributed by atoms with van der Waals surface area (Å²) in [5.41, 5.74) is 5.74. The van der Waals surface area contributed by atoms with E-state index in [4.69, 9.17) is 4.74 Å². The summed E-state index contributed by atoms with van der Waals surface area (Å²) in [5.74, 6) is 0.347. The van der Waals surface area contributed by atoms with E-state index in [1.807, 2.05) is 54.6 Å². The van der Waals surface area contributed by atoms with E-state index in [2.05, 4.69) is 10.5 Å². The molecule has 0 aromatic heterocycles. The maximum Gasteiger partial charge on any atom is 0.271 e. The molecular formula is C24H25N3O4S. The van der Waals surface area contributed by atoms with Gasteiger partial charge < -0.3 is 4.74 Å². The lowest BCUT2D eigenvalue weighted by molar-refractivity contribution is 0.0955. The lowest BCUT2D eigenvalue weighted by atomic mass is 10.1. The van der Waals surface area contributed by atoms with Gasteiger partial charge in [0.05, 0.1) is 31.3 Å². The Morgan fingerprint density at radius 1 is 0.938 bits per heavy atom. The summed E-state index contributed by atoms with van der Waals surface area (Å²) >= 11 is 0. The van der Waals surface area contributed by atoms with Crippen LogP contribution in [0.5, 0.6) is 5.75 Å². The van der Waals surface area contributed by atoms with Crippen molar-refractivity contribution >= 4 is 27.3 Å². The van der Waals surface area contributed by atoms with Crippen LogP contribution >= 0.6 is 0 Å². The summed E-state index contributed by atoms with van der Waals surface area (Å²) in [7, 11) is -1.91. The van der Waals surface area contributed by atoms with Crippen LogP contribution in [0.25, 0.3) is 0 Å². The Balaban J connectivity index is 1.72. The van der Waals surface area contributed by atoms with Gasteiger partial charge in [0.25, 0.3) is 5.91 Å². The summed E-state index contributed by atoms with van der Waals surface area (Å²) < 4.78 is 31.1. The minimum atomic E-state index is -3.50. The zero-order valence-corrected chi connectivity index (χ0v) is 19.0. The number of hydrazone groups is 1. The number of rotatable bonds is 8. The first-order valence-corrected chi connectivity index (χ1v) is 11.7. The zero-order chi connectivity index (χ0) is 23.1. The second-order valence-corrected chi connectivity index (χ2v) is 9.08. The first-order chi connectivity index (χ1) is 15.3. The highest BCUT2D eigenvalue weighted by molar-refractivity contribution is 7.92. The average Bonchev–Trinajstić information content (AvgIpc) is 2.81. The predicted octanol–water partition coefficient (Wildman–Crippen LogP) is 3.82. The fourth-order valence-corrected chi connectivity index (χ4v) is 3.91. The van der Waals surface area contributed by atoms with Crippen LogP contribution < -0.4 is 14.5 Å². The molecule has 8 heteroatoms. The van der Waals surface area contributed by atoms with Crippen molar-refractivity contribution < 1.29 is 17.9 Å². The van der Waals surface area contributed by atoms with Crippen molar-refractivity contribution in [3.05, 3.63) is 95.6 Å². The normalized spacial score (nSPS) is 11.7. The topological polar surface area (TPSA) is 88.1 Å². The Morgan fingerprint density at radius 3 is 2.09 bits per heavy atom. The van der Waals surface area contributed by atoms with Crippen LogP contribution in [0.4, 0.5) is 5.69 Å². The molecule has 0 unspecified atom stereocenters. The smallest absolute Gasteiger partial charge is 0.271 e. The van der Waals surface area contributed by atoms with E-state index in [9.17, 15) is 13.2 Å². The number of hydrogen-bond donors (Lipinski definition) is 1. The number of sulfonamides is 1. The number of benzene rings is 3. The molecule has 0 heterocycles. The Morgan fingerprint density at radius 2 is 1.53 bits per heavy atom. The molecule has 0 atom stereocenters. The standard InChI is InChI=1S/C24H25N3O4S/c1-18(20-11-15-23(31-2)16-12-20)25-26-24(28)21-9-13-22(14-10-21)27(32(3,29)30)17-19-7-5-4-6-8-19/h4-16H,17H2,1-3H3,(H,26,28)/b25-18-. The molecule has 0 bridgehead atoms. The molecule has 32 heavy (non-hydrogen) atoms. The van der Waals surface area contributed by atoms with E-state index in [-0.39, 0.29) is 6.54 Å². The molecule has 3 aromatic carbocycles. The number of carbonyl (C=O) groups is 1. The van der Waals surface area contributed by atoms with E-state index in [1.54, 1.807) is 38.3 Å². The molecular weight excluding hydrogens is 426 g/mol. The summed E-state index contributed by atoms with van der Waals surface area (Å²) in [5, 5.41) is 4.15. The first-order valence-electron chi connectivity index (χ1n) is 9.88. The van der Waals surface area contributed by atoms with Crippen LogP contribution in [0.15, 0.2) is 84.0 Å². The number of hydrogen-bond acceptors (Lipinski definition) is 5. The SMILES string of the molecule is COc1ccc(/C(C)=N\NC(=O)c2ccc(N(Cc3ccccc3)S(C)(=O)=O)cc2)cc1. The molecule has 3 aromatic rings. The highest BCUT2D eigenvalue weighted by Crippen LogP contribution is 2.21. The van der Waals surface area contributed by atoms with Crippen molar-refractivity contribution in [3.8, 4) is 5.75 Å². The van der Waals surface area contributed by atoms with E-state index < -0.39 is 15.9 Å². The number of ether oxygens (including phenoxy) is 1. The molecule has 3 rings (SSSR count). The van der Waals surface area contributed by atoms with E-state index in [0.29, 0.717) is 17.0 Å². The highest BCUT2D eigenvalue weighted by atomic mass is 32.2. The summed E-state index contributed by atoms with van der Waals surface area (Å²) in [6, 6.07) is 23.0. The maximum absolute atomic E-state index is 12.5. The van der Waals surface area contributed by atoms with E-state index >= 15 is 0 Å². The maximum atomic E-state index is 12.5. The number of amides is 1. The zero-order valence-electron chi connectivity index (χ0n) is 18.1. The fourth-order valence-electron chi connectivity index (χ4n) is 3.02. The van der Waals surface area contributed by atoms with Gasteiger partial charge in [0.15, 0.2) is 0 Å². The van der Waals surface area contributed by atoms with Crippen LogP contribution in [-0.4, -0.2) is 33.4 Å². The number of anilines is 1. The lowest BCUT2D eigenvalue weighted by Crippen LogP contribution is -2.29. The van der Waals surface area contributed by atoms with Gasteiger partial charge in [-0.1, -0.05) is 30.3 Å². The van der Waals surface area contributed by atoms with Gasteiger partial charge in [-0.25, -0.2) is 13.8 Å². The van der Waals surface area contributed by atoms with Gasteiger partial charge in [0.2, 0.25) is 10.0 Å². The molecule has 0 aliphatic carbocycles. The van der Waals surface area contributed by atoms with Gasteiger partial charge >= 0.3 is 0 Å². The number of nitrogens with zero attached hydrogens (tertiary/aromatic N) is 2. The van der Waals surface area contributed by atoms with Gasteiger partial charge in [-0.05, 0) is 66.6 Å². The quantitative estimate of drug-likeness (QED) is 0.417. The third-order valence-corrected chi connectivity index (χ3v) is 5.96. The molecule has 1 amide bonds. The number of methoxy groups -OCH3 is 1. The van der Waals surface area contributed by atoms with Crippen LogP contribution in [0.1, 0.15) is 28.4 Å². The second-order valence-electron chi connectivity index (χ2n) is 7.17. The third kappa shape index (κ3) is 5.95. The van der Waals surface area contributed by atoms with Crippen molar-refractivity contribution in [1.82, 2.24) is 5.43 Å². The number of carbonyl (C=O) groups excluding carboxylic acids is 1. The van der Waals surface area contributed by atoms with Crippen LogP contribution in [-0.2, 0) is 16.6 Å². The van der Waals surface area contributed by atoms with Crippen molar-refractivity contribution in [1.29, 1.82) is 0 Å². The van der Waals surface area contributed by atoms with Gasteiger partial charge in [0.1, 0.15) is 5.75 Å². The van der Waals surface area contributed by atoms with Gasteiger partial charge in [-0.3, -0.25) is 9.10 Å². The average molecular weight is 452 g/mol. The summed E-state index contributed by atoms with van der Waals surface area (Å²) in [6.07, 6.45) is 1.16. The Kier molecular flexibility index (Phi) is 7.27. The van der Waals surface area contributed by atoms with Crippen LogP contribution in [0.3, 0.4) is 0 Å². The summed E-state index contributed by atoms with van der Waals surface area (Å²) in [6.45, 7) is 2.00. The van der Waals surface area contributed by atoms with Crippen molar-refractivity contribution in [2.75, 3.05) is 17.7 Å². The van der Waals surface area contributed by atoms with Crippen molar-refractivity contribution in [3.63, 3.8) is 0 Å². The van der Waals surface area contributed by atoms with E-state index in [0.717, 1.165) is 23.1 Å². The van der Waals surface area contributed by atoms with Crippen molar-refractivity contribution in [2.24, 2.45) is 5.10 Å². The highest BCUT2D eigenvalue weighted by Gasteiger charge is 2.18. The van der Waals surface area contributed by atoms with Gasteiger partial charge in [-0.2, -0.15) is 5.10 Å². The second kappa shape index (κ2) is 10.1. The molecule has 0 radical (unpaired) electrons. The minimum Gasteiger partial charge on any atom is -0.497 e. The van der Waals surface area contributed by atoms with Crippen LogP contribution in [0.2, 0.25) is 0 Å². The summed E-state index contributed by atoms with van der Waals surface area (Å²) in [4.78, 5) is 12.5. The molecule has 7 nitrogen and oxygen atoms in total. The monoisotopic (exact) mass is 451 g/mol. The molecule has 0 aliphatic rings. The lowest BCUT2D eigenvalue weighted by Gasteiger charge is -2.22. The predicted molar refractivity (Wildman–Crippen MR) is 127 cm³/mol.